The molecule has 0 aliphatic rings. The molecule has 0 spiro atoms. The van der Waals surface area contributed by atoms with Crippen molar-refractivity contribution in [3.63, 3.8) is 0 Å². The van der Waals surface area contributed by atoms with E-state index in [1.54, 1.807) is 19.2 Å². The highest BCUT2D eigenvalue weighted by molar-refractivity contribution is 6.27. The summed E-state index contributed by atoms with van der Waals surface area (Å²) in [5, 5.41) is 18.1. The van der Waals surface area contributed by atoms with Gasteiger partial charge in [-0.15, -0.1) is 0 Å². The lowest BCUT2D eigenvalue weighted by atomic mass is 10.2. The Morgan fingerprint density at radius 3 is 1.71 bits per heavy atom. The average Bonchev–Trinajstić information content (AvgIpc) is 2.58. The Bertz CT molecular complexity index is 644. The first-order chi connectivity index (χ1) is 11.4. The van der Waals surface area contributed by atoms with E-state index in [2.05, 4.69) is 5.32 Å². The summed E-state index contributed by atoms with van der Waals surface area (Å²) in [7, 11) is 1.65. The molecule has 24 heavy (non-hydrogen) atoms. The molecule has 0 aromatic heterocycles. The van der Waals surface area contributed by atoms with Gasteiger partial charge in [0.25, 0.3) is 0 Å². The molecule has 2 rings (SSSR count). The molecule has 6 nitrogen and oxygen atoms in total. The van der Waals surface area contributed by atoms with Crippen molar-refractivity contribution in [2.75, 3.05) is 7.11 Å². The molecule has 0 heterocycles. The number of benzene rings is 2. The minimum atomic E-state index is -1.82. The number of carboxylic acids is 2. The summed E-state index contributed by atoms with van der Waals surface area (Å²) in [5.41, 5.74) is 2.27. The Hall–Kier alpha value is -2.93. The maximum Gasteiger partial charge on any atom is 0.414 e. The quantitative estimate of drug-likeness (QED) is 0.726. The highest BCUT2D eigenvalue weighted by atomic mass is 19.1. The average molecular weight is 335 g/mol. The van der Waals surface area contributed by atoms with Crippen LogP contribution in [0.25, 0.3) is 0 Å². The third-order valence-electron chi connectivity index (χ3n) is 2.91. The number of carbonyl (C=O) groups is 2. The Balaban J connectivity index is 0.000000413. The Morgan fingerprint density at radius 1 is 0.917 bits per heavy atom. The summed E-state index contributed by atoms with van der Waals surface area (Å²) in [4.78, 5) is 18.2. The topological polar surface area (TPSA) is 95.9 Å². The monoisotopic (exact) mass is 335 g/mol. The summed E-state index contributed by atoms with van der Waals surface area (Å²) >= 11 is 0. The Labute approximate surface area is 138 Å². The lowest BCUT2D eigenvalue weighted by Gasteiger charge is -2.06. The zero-order valence-electron chi connectivity index (χ0n) is 13.0. The van der Waals surface area contributed by atoms with Crippen LogP contribution >= 0.6 is 0 Å². The zero-order chi connectivity index (χ0) is 17.9. The molecule has 0 atom stereocenters. The molecule has 0 fully saturated rings. The van der Waals surface area contributed by atoms with Crippen molar-refractivity contribution in [2.24, 2.45) is 0 Å². The van der Waals surface area contributed by atoms with Crippen LogP contribution in [-0.4, -0.2) is 29.3 Å². The van der Waals surface area contributed by atoms with E-state index in [0.717, 1.165) is 24.4 Å². The summed E-state index contributed by atoms with van der Waals surface area (Å²) in [6, 6.07) is 14.5. The zero-order valence-corrected chi connectivity index (χ0v) is 13.0. The number of rotatable bonds is 5. The summed E-state index contributed by atoms with van der Waals surface area (Å²) in [6.45, 7) is 1.51. The van der Waals surface area contributed by atoms with Gasteiger partial charge in [-0.2, -0.15) is 0 Å². The minimum absolute atomic E-state index is 0.200. The second-order valence-corrected chi connectivity index (χ2v) is 4.69. The number of halogens is 1. The number of nitrogens with one attached hydrogen (secondary N) is 1. The van der Waals surface area contributed by atoms with Gasteiger partial charge in [0.2, 0.25) is 0 Å². The normalized spacial score (nSPS) is 9.58. The lowest BCUT2D eigenvalue weighted by Crippen LogP contribution is -2.12. The van der Waals surface area contributed by atoms with Gasteiger partial charge in [0.1, 0.15) is 11.6 Å². The number of carboxylic acid groups (broad SMARTS) is 2. The minimum Gasteiger partial charge on any atom is -0.497 e. The van der Waals surface area contributed by atoms with Crippen LogP contribution in [0, 0.1) is 5.82 Å². The number of ether oxygens (including phenoxy) is 1. The van der Waals surface area contributed by atoms with E-state index >= 15 is 0 Å². The van der Waals surface area contributed by atoms with Gasteiger partial charge in [-0.05, 0) is 35.4 Å². The van der Waals surface area contributed by atoms with Crippen LogP contribution in [0.3, 0.4) is 0 Å². The smallest absolute Gasteiger partial charge is 0.414 e. The maximum atomic E-state index is 12.7. The van der Waals surface area contributed by atoms with Gasteiger partial charge >= 0.3 is 11.9 Å². The fourth-order valence-corrected chi connectivity index (χ4v) is 1.70. The van der Waals surface area contributed by atoms with Crippen molar-refractivity contribution >= 4 is 11.9 Å². The van der Waals surface area contributed by atoms with Crippen molar-refractivity contribution in [3.05, 3.63) is 65.5 Å². The molecule has 0 unspecified atom stereocenters. The van der Waals surface area contributed by atoms with Gasteiger partial charge in [0.05, 0.1) is 7.11 Å². The maximum absolute atomic E-state index is 12.7. The molecule has 3 N–H and O–H groups in total. The van der Waals surface area contributed by atoms with Gasteiger partial charge in [-0.1, -0.05) is 24.3 Å². The molecule has 0 aliphatic heterocycles. The second kappa shape index (κ2) is 9.96. The first-order valence-corrected chi connectivity index (χ1v) is 6.96. The Morgan fingerprint density at radius 2 is 1.33 bits per heavy atom. The fourth-order valence-electron chi connectivity index (χ4n) is 1.70. The lowest BCUT2D eigenvalue weighted by molar-refractivity contribution is -0.159. The van der Waals surface area contributed by atoms with Crippen molar-refractivity contribution in [1.29, 1.82) is 0 Å². The highest BCUT2D eigenvalue weighted by Gasteiger charge is 2.04. The Kier molecular flexibility index (Phi) is 7.93. The molecule has 2 aromatic rings. The van der Waals surface area contributed by atoms with Crippen LogP contribution in [0.2, 0.25) is 0 Å². The van der Waals surface area contributed by atoms with E-state index in [1.807, 2.05) is 24.3 Å². The number of methoxy groups -OCH3 is 1. The molecule has 0 radical (unpaired) electrons. The van der Waals surface area contributed by atoms with Crippen molar-refractivity contribution in [3.8, 4) is 5.75 Å². The van der Waals surface area contributed by atoms with Gasteiger partial charge in [0.15, 0.2) is 0 Å². The summed E-state index contributed by atoms with van der Waals surface area (Å²) < 4.78 is 17.8. The molecule has 7 heteroatoms. The SMILES string of the molecule is COc1ccc(CNCc2ccc(F)cc2)cc1.O=C(O)C(=O)O. The molecule has 0 saturated carbocycles. The molecular formula is C17H18FNO5. The number of aliphatic carboxylic acids is 2. The predicted molar refractivity (Wildman–Crippen MR) is 85.2 cm³/mol. The van der Waals surface area contributed by atoms with Crippen LogP contribution in [0.1, 0.15) is 11.1 Å². The van der Waals surface area contributed by atoms with E-state index < -0.39 is 11.9 Å². The van der Waals surface area contributed by atoms with Crippen LogP contribution < -0.4 is 10.1 Å². The standard InChI is InChI=1S/C15H16FNO.C2H2O4/c1-18-15-8-4-13(5-9-15)11-17-10-12-2-6-14(16)7-3-12;3-1(4)2(5)6/h2-9,17H,10-11H2,1H3;(H,3,4)(H,5,6). The van der Waals surface area contributed by atoms with Crippen LogP contribution in [0.5, 0.6) is 5.75 Å². The van der Waals surface area contributed by atoms with Crippen LogP contribution in [-0.2, 0) is 22.7 Å². The van der Waals surface area contributed by atoms with Crippen molar-refractivity contribution in [1.82, 2.24) is 5.32 Å². The third-order valence-corrected chi connectivity index (χ3v) is 2.91. The van der Waals surface area contributed by atoms with Gasteiger partial charge in [-0.25, -0.2) is 14.0 Å². The predicted octanol–water partition coefficient (Wildman–Crippen LogP) is 2.28. The van der Waals surface area contributed by atoms with Crippen molar-refractivity contribution < 1.29 is 28.9 Å². The largest absolute Gasteiger partial charge is 0.497 e. The van der Waals surface area contributed by atoms with Crippen molar-refractivity contribution in [2.45, 2.75) is 13.1 Å². The van der Waals surface area contributed by atoms with Gasteiger partial charge in [-0.3, -0.25) is 0 Å². The molecule has 0 aliphatic carbocycles. The molecule has 2 aromatic carbocycles. The fraction of sp³-hybridized carbons (Fsp3) is 0.176. The number of hydrogen-bond donors (Lipinski definition) is 3. The second-order valence-electron chi connectivity index (χ2n) is 4.69. The van der Waals surface area contributed by atoms with E-state index in [9.17, 15) is 4.39 Å². The summed E-state index contributed by atoms with van der Waals surface area (Å²) in [6.07, 6.45) is 0. The molecule has 0 saturated heterocycles. The van der Waals surface area contributed by atoms with E-state index in [1.165, 1.54) is 17.7 Å². The van der Waals surface area contributed by atoms with E-state index in [0.29, 0.717) is 0 Å². The third kappa shape index (κ3) is 7.37. The molecular weight excluding hydrogens is 317 g/mol. The first-order valence-electron chi connectivity index (χ1n) is 6.96. The van der Waals surface area contributed by atoms with E-state index in [-0.39, 0.29) is 5.82 Å². The summed E-state index contributed by atoms with van der Waals surface area (Å²) in [5.74, 6) is -2.99. The van der Waals surface area contributed by atoms with E-state index in [4.69, 9.17) is 24.5 Å². The first kappa shape index (κ1) is 19.1. The van der Waals surface area contributed by atoms with Gasteiger partial charge in [0, 0.05) is 13.1 Å². The number of hydrogen-bond acceptors (Lipinski definition) is 4. The molecule has 0 bridgehead atoms. The molecule has 0 amide bonds. The van der Waals surface area contributed by atoms with Crippen LogP contribution in [0.4, 0.5) is 4.39 Å². The highest BCUT2D eigenvalue weighted by Crippen LogP contribution is 2.11. The van der Waals surface area contributed by atoms with Gasteiger partial charge < -0.3 is 20.3 Å². The molecule has 128 valence electrons. The van der Waals surface area contributed by atoms with Crippen LogP contribution in [0.15, 0.2) is 48.5 Å².